The predicted molar refractivity (Wildman–Crippen MR) is 53.6 cm³/mol. The number of rotatable bonds is 6. The fourth-order valence-corrected chi connectivity index (χ4v) is 0.965. The van der Waals surface area contributed by atoms with Gasteiger partial charge in [-0.05, 0) is 23.7 Å². The Labute approximate surface area is 87.6 Å². The van der Waals surface area contributed by atoms with Crippen molar-refractivity contribution in [2.45, 2.75) is 0 Å². The lowest BCUT2D eigenvalue weighted by Crippen LogP contribution is -2.10. The summed E-state index contributed by atoms with van der Waals surface area (Å²) >= 11 is 5.07. The van der Waals surface area contributed by atoms with Crippen molar-refractivity contribution in [1.29, 1.82) is 0 Å². The van der Waals surface area contributed by atoms with Gasteiger partial charge in [-0.25, -0.2) is 0 Å². The fraction of sp³-hybridized carbons (Fsp3) is 0.300. The van der Waals surface area contributed by atoms with E-state index in [9.17, 15) is 4.79 Å². The van der Waals surface area contributed by atoms with Crippen LogP contribution in [0.3, 0.4) is 0 Å². The molecule has 0 unspecified atom stereocenters. The Bertz CT molecular complexity index is 274. The Morgan fingerprint density at radius 2 is 1.93 bits per heavy atom. The zero-order valence-electron chi connectivity index (χ0n) is 7.61. The van der Waals surface area contributed by atoms with Crippen LogP contribution in [-0.2, 0) is 9.53 Å². The third-order valence-electron chi connectivity index (χ3n) is 1.46. The molecule has 0 aliphatic rings. The first-order chi connectivity index (χ1) is 6.79. The molecule has 4 heteroatoms. The molecule has 0 saturated heterocycles. The number of halogens is 1. The van der Waals surface area contributed by atoms with Crippen LogP contribution in [0.25, 0.3) is 0 Å². The monoisotopic (exact) mass is 214 g/mol. The Hall–Kier alpha value is -1.06. The van der Waals surface area contributed by atoms with Crippen LogP contribution in [0.4, 0.5) is 0 Å². The average molecular weight is 215 g/mol. The van der Waals surface area contributed by atoms with E-state index in [2.05, 4.69) is 0 Å². The third-order valence-corrected chi connectivity index (χ3v) is 1.56. The lowest BCUT2D eigenvalue weighted by atomic mass is 10.3. The minimum atomic E-state index is -0.496. The highest BCUT2D eigenvalue weighted by Crippen LogP contribution is 2.07. The molecule has 0 radical (unpaired) electrons. The molecule has 1 aromatic rings. The van der Waals surface area contributed by atoms with Crippen LogP contribution < -0.4 is 4.74 Å². The topological polar surface area (TPSA) is 35.5 Å². The zero-order valence-corrected chi connectivity index (χ0v) is 8.37. The average Bonchev–Trinajstić information content (AvgIpc) is 2.18. The van der Waals surface area contributed by atoms with Crippen molar-refractivity contribution in [1.82, 2.24) is 0 Å². The van der Waals surface area contributed by atoms with Crippen LogP contribution in [-0.4, -0.2) is 25.1 Å². The summed E-state index contributed by atoms with van der Waals surface area (Å²) in [4.78, 5) is 10.3. The quantitative estimate of drug-likeness (QED) is 0.536. The van der Waals surface area contributed by atoms with Crippen LogP contribution in [0.2, 0.25) is 0 Å². The molecule has 76 valence electrons. The van der Waals surface area contributed by atoms with Crippen molar-refractivity contribution >= 4 is 16.8 Å². The largest absolute Gasteiger partial charge is 0.491 e. The minimum Gasteiger partial charge on any atom is -0.491 e. The van der Waals surface area contributed by atoms with E-state index in [1.807, 2.05) is 30.3 Å². The molecule has 3 nitrogen and oxygen atoms in total. The summed E-state index contributed by atoms with van der Waals surface area (Å²) in [7, 11) is 0. The van der Waals surface area contributed by atoms with E-state index in [1.165, 1.54) is 0 Å². The maximum atomic E-state index is 10.3. The molecule has 0 atom stereocenters. The van der Waals surface area contributed by atoms with Crippen molar-refractivity contribution in [2.24, 2.45) is 0 Å². The van der Waals surface area contributed by atoms with Crippen LogP contribution in [0.1, 0.15) is 0 Å². The highest BCUT2D eigenvalue weighted by molar-refractivity contribution is 6.63. The third kappa shape index (κ3) is 4.84. The van der Waals surface area contributed by atoms with Crippen molar-refractivity contribution in [2.75, 3.05) is 19.8 Å². The summed E-state index contributed by atoms with van der Waals surface area (Å²) < 4.78 is 10.2. The molecule has 0 bridgehead atoms. The smallest absolute Gasteiger partial charge is 0.247 e. The molecule has 0 aromatic heterocycles. The van der Waals surface area contributed by atoms with Crippen LogP contribution in [0.5, 0.6) is 5.75 Å². The molecule has 0 aliphatic carbocycles. The number of para-hydroxylation sites is 1. The zero-order chi connectivity index (χ0) is 10.2. The number of carbonyl (C=O) groups is 1. The molecule has 0 heterocycles. The van der Waals surface area contributed by atoms with Gasteiger partial charge >= 0.3 is 0 Å². The van der Waals surface area contributed by atoms with E-state index in [4.69, 9.17) is 21.1 Å². The summed E-state index contributed by atoms with van der Waals surface area (Å²) in [6, 6.07) is 9.39. The molecule has 0 saturated carbocycles. The van der Waals surface area contributed by atoms with E-state index in [0.717, 1.165) is 5.75 Å². The first kappa shape index (κ1) is 11.0. The van der Waals surface area contributed by atoms with Crippen molar-refractivity contribution in [3.05, 3.63) is 30.3 Å². The molecule has 14 heavy (non-hydrogen) atoms. The lowest BCUT2D eigenvalue weighted by molar-refractivity contribution is -0.116. The van der Waals surface area contributed by atoms with E-state index >= 15 is 0 Å². The molecular weight excluding hydrogens is 204 g/mol. The second-order valence-corrected chi connectivity index (χ2v) is 2.99. The molecular formula is C10H11ClO3. The number of hydrogen-bond acceptors (Lipinski definition) is 3. The maximum absolute atomic E-state index is 10.3. The van der Waals surface area contributed by atoms with Gasteiger partial charge in [0, 0.05) is 0 Å². The van der Waals surface area contributed by atoms with Gasteiger partial charge in [0.1, 0.15) is 19.0 Å². The van der Waals surface area contributed by atoms with Gasteiger partial charge in [-0.2, -0.15) is 0 Å². The molecule has 0 fully saturated rings. The van der Waals surface area contributed by atoms with Gasteiger partial charge in [0.25, 0.3) is 0 Å². The van der Waals surface area contributed by atoms with Crippen molar-refractivity contribution in [3.8, 4) is 5.75 Å². The van der Waals surface area contributed by atoms with Gasteiger partial charge in [0.2, 0.25) is 5.24 Å². The summed E-state index contributed by atoms with van der Waals surface area (Å²) in [5.41, 5.74) is 0. The van der Waals surface area contributed by atoms with Crippen molar-refractivity contribution < 1.29 is 14.3 Å². The highest BCUT2D eigenvalue weighted by atomic mass is 35.5. The van der Waals surface area contributed by atoms with Gasteiger partial charge in [-0.15, -0.1) is 0 Å². The van der Waals surface area contributed by atoms with E-state index in [0.29, 0.717) is 13.2 Å². The van der Waals surface area contributed by atoms with Crippen molar-refractivity contribution in [3.63, 3.8) is 0 Å². The molecule has 1 aromatic carbocycles. The van der Waals surface area contributed by atoms with Crippen LogP contribution in [0, 0.1) is 0 Å². The second kappa shape index (κ2) is 6.40. The number of ether oxygens (including phenoxy) is 2. The summed E-state index contributed by atoms with van der Waals surface area (Å²) in [5, 5.41) is -0.496. The molecule has 0 amide bonds. The first-order valence-corrected chi connectivity index (χ1v) is 4.61. The number of hydrogen-bond donors (Lipinski definition) is 0. The standard InChI is InChI=1S/C10H11ClO3/c11-10(12)8-13-6-7-14-9-4-2-1-3-5-9/h1-5H,6-8H2. The summed E-state index contributed by atoms with van der Waals surface area (Å²) in [6.07, 6.45) is 0. The maximum Gasteiger partial charge on any atom is 0.247 e. The number of carbonyl (C=O) groups excluding carboxylic acids is 1. The van der Waals surface area contributed by atoms with E-state index in [1.54, 1.807) is 0 Å². The van der Waals surface area contributed by atoms with Gasteiger partial charge in [0.15, 0.2) is 0 Å². The molecule has 1 rings (SSSR count). The van der Waals surface area contributed by atoms with Crippen LogP contribution >= 0.6 is 11.6 Å². The predicted octanol–water partition coefficient (Wildman–Crippen LogP) is 1.85. The van der Waals surface area contributed by atoms with Gasteiger partial charge in [-0.1, -0.05) is 18.2 Å². The molecule has 0 aliphatic heterocycles. The fourth-order valence-electron chi connectivity index (χ4n) is 0.888. The van der Waals surface area contributed by atoms with Gasteiger partial charge in [0.05, 0.1) is 6.61 Å². The highest BCUT2D eigenvalue weighted by Gasteiger charge is 1.95. The SMILES string of the molecule is O=C(Cl)COCCOc1ccccc1. The van der Waals surface area contributed by atoms with E-state index < -0.39 is 5.24 Å². The molecule has 0 N–H and O–H groups in total. The van der Waals surface area contributed by atoms with E-state index in [-0.39, 0.29) is 6.61 Å². The number of benzene rings is 1. The lowest BCUT2D eigenvalue weighted by Gasteiger charge is -2.05. The second-order valence-electron chi connectivity index (χ2n) is 2.57. The minimum absolute atomic E-state index is 0.0697. The first-order valence-electron chi connectivity index (χ1n) is 4.23. The van der Waals surface area contributed by atoms with Gasteiger partial charge < -0.3 is 9.47 Å². The Morgan fingerprint density at radius 3 is 2.57 bits per heavy atom. The Morgan fingerprint density at radius 1 is 1.21 bits per heavy atom. The molecule has 0 spiro atoms. The van der Waals surface area contributed by atoms with Gasteiger partial charge in [-0.3, -0.25) is 4.79 Å². The van der Waals surface area contributed by atoms with Crippen LogP contribution in [0.15, 0.2) is 30.3 Å². The Kier molecular flexibility index (Phi) is 5.04. The summed E-state index contributed by atoms with van der Waals surface area (Å²) in [6.45, 7) is 0.696. The summed E-state index contributed by atoms with van der Waals surface area (Å²) in [5.74, 6) is 0.785. The normalized spacial score (nSPS) is 9.79. The Balaban J connectivity index is 2.08.